The van der Waals surface area contributed by atoms with Crippen molar-refractivity contribution in [2.75, 3.05) is 13.7 Å². The summed E-state index contributed by atoms with van der Waals surface area (Å²) in [4.78, 5) is 50.2. The quantitative estimate of drug-likeness (QED) is 0.488. The van der Waals surface area contributed by atoms with Crippen LogP contribution in [0.4, 0.5) is 0 Å². The van der Waals surface area contributed by atoms with Crippen molar-refractivity contribution in [3.05, 3.63) is 41.2 Å². The second-order valence-electron chi connectivity index (χ2n) is 6.19. The van der Waals surface area contributed by atoms with Crippen LogP contribution >= 0.6 is 0 Å². The minimum Gasteiger partial charge on any atom is -0.467 e. The van der Waals surface area contributed by atoms with Crippen LogP contribution in [0.25, 0.3) is 0 Å². The number of fused-ring (bicyclic) bond motifs is 1. The first-order chi connectivity index (χ1) is 13.4. The number of hydrogen-bond donors (Lipinski definition) is 1. The van der Waals surface area contributed by atoms with E-state index in [2.05, 4.69) is 25.9 Å². The predicted octanol–water partition coefficient (Wildman–Crippen LogP) is -0.590. The Hall–Kier alpha value is -3.63. The third-order valence-corrected chi connectivity index (χ3v) is 4.44. The van der Waals surface area contributed by atoms with Crippen LogP contribution in [0.3, 0.4) is 0 Å². The number of ether oxygens (including phenoxy) is 1. The van der Waals surface area contributed by atoms with Crippen molar-refractivity contribution in [2.45, 2.75) is 25.3 Å². The lowest BCUT2D eigenvalue weighted by Crippen LogP contribution is -2.53. The highest BCUT2D eigenvalue weighted by Crippen LogP contribution is 2.27. The molecule has 3 amide bonds. The van der Waals surface area contributed by atoms with Crippen LogP contribution in [-0.2, 0) is 19.9 Å². The van der Waals surface area contributed by atoms with Gasteiger partial charge in [-0.3, -0.25) is 29.6 Å². The van der Waals surface area contributed by atoms with E-state index in [1.54, 1.807) is 24.3 Å². The van der Waals surface area contributed by atoms with E-state index in [9.17, 15) is 19.2 Å². The van der Waals surface area contributed by atoms with E-state index in [-0.39, 0.29) is 25.2 Å². The Morgan fingerprint density at radius 3 is 2.36 bits per heavy atom. The molecule has 0 saturated carbocycles. The molecule has 1 aromatic carbocycles. The molecule has 0 bridgehead atoms. The molecule has 146 valence electrons. The Balaban J connectivity index is 1.80. The Labute approximate surface area is 159 Å². The van der Waals surface area contributed by atoms with Gasteiger partial charge in [-0.15, -0.1) is 0 Å². The van der Waals surface area contributed by atoms with Crippen molar-refractivity contribution in [1.29, 1.82) is 0 Å². The summed E-state index contributed by atoms with van der Waals surface area (Å²) in [5, 5.41) is 16.6. The number of carbonyl (C=O) groups excluding carboxylic acids is 4. The van der Waals surface area contributed by atoms with E-state index < -0.39 is 29.2 Å². The summed E-state index contributed by atoms with van der Waals surface area (Å²) in [6.07, 6.45) is 0.148. The number of nitrogens with zero attached hydrogens (tertiary/aromatic N) is 5. The number of carbonyl (C=O) groups is 4. The molecular weight excluding hydrogens is 368 g/mol. The van der Waals surface area contributed by atoms with Crippen molar-refractivity contribution in [3.8, 4) is 0 Å². The number of hydrogen-bond acceptors (Lipinski definition) is 8. The van der Waals surface area contributed by atoms with Gasteiger partial charge in [0.2, 0.25) is 5.91 Å². The third kappa shape index (κ3) is 3.21. The SMILES string of the molecule is COC(=O)[C@](CCCN1C(=O)c2ccccc2C1=O)(NC(C)=O)c1nnn[n-]1. The third-order valence-electron chi connectivity index (χ3n) is 4.44. The maximum atomic E-state index is 12.5. The molecule has 28 heavy (non-hydrogen) atoms. The summed E-state index contributed by atoms with van der Waals surface area (Å²) in [6.45, 7) is 1.26. The summed E-state index contributed by atoms with van der Waals surface area (Å²) in [7, 11) is 1.16. The number of amides is 3. The van der Waals surface area contributed by atoms with Gasteiger partial charge in [-0.25, -0.2) is 4.79 Å². The Bertz CT molecular complexity index is 893. The van der Waals surface area contributed by atoms with Gasteiger partial charge in [-0.2, -0.15) is 5.21 Å². The lowest BCUT2D eigenvalue weighted by Gasteiger charge is -2.32. The van der Waals surface area contributed by atoms with E-state index in [4.69, 9.17) is 4.74 Å². The standard InChI is InChI=1S/C17H18N6O5/c1-10(24)18-17(16(27)28-2,15-19-21-22-20-15)8-5-9-23-13(25)11-6-3-4-7-12(11)14(23)26/h3-4,6-7H,5,8-9H2,1-2H3,(H2,18,19,20,21,22,24)/p-1/t17-/m1/s1. The number of rotatable bonds is 7. The molecule has 0 aliphatic carbocycles. The van der Waals surface area contributed by atoms with Crippen LogP contribution in [0, 0.1) is 0 Å². The van der Waals surface area contributed by atoms with Crippen LogP contribution in [-0.4, -0.2) is 57.8 Å². The zero-order valence-electron chi connectivity index (χ0n) is 15.2. The van der Waals surface area contributed by atoms with Gasteiger partial charge >= 0.3 is 5.97 Å². The zero-order chi connectivity index (χ0) is 20.3. The summed E-state index contributed by atoms with van der Waals surface area (Å²) in [5.74, 6) is -2.26. The highest BCUT2D eigenvalue weighted by Gasteiger charge is 2.43. The number of aromatic nitrogens is 4. The lowest BCUT2D eigenvalue weighted by molar-refractivity contribution is -0.152. The Morgan fingerprint density at radius 1 is 1.21 bits per heavy atom. The molecule has 0 radical (unpaired) electrons. The number of tetrazole rings is 1. The van der Waals surface area contributed by atoms with Gasteiger partial charge < -0.3 is 15.2 Å². The summed E-state index contributed by atoms with van der Waals surface area (Å²) in [6, 6.07) is 6.53. The second-order valence-corrected chi connectivity index (χ2v) is 6.19. The largest absolute Gasteiger partial charge is 0.467 e. The zero-order valence-corrected chi connectivity index (χ0v) is 15.2. The van der Waals surface area contributed by atoms with Gasteiger partial charge in [0.15, 0.2) is 5.54 Å². The number of methoxy groups -OCH3 is 1. The molecule has 1 aliphatic rings. The number of nitrogens with one attached hydrogen (secondary N) is 1. The smallest absolute Gasteiger partial charge is 0.336 e. The van der Waals surface area contributed by atoms with Crippen LogP contribution in [0.1, 0.15) is 46.3 Å². The van der Waals surface area contributed by atoms with Gasteiger partial charge in [0.1, 0.15) is 0 Å². The van der Waals surface area contributed by atoms with Gasteiger partial charge in [-0.05, 0) is 25.0 Å². The van der Waals surface area contributed by atoms with E-state index in [1.807, 2.05) is 0 Å². The fraction of sp³-hybridized carbons (Fsp3) is 0.353. The molecule has 1 aliphatic heterocycles. The van der Waals surface area contributed by atoms with Gasteiger partial charge in [0, 0.05) is 19.3 Å². The first kappa shape index (κ1) is 19.1. The summed E-state index contributed by atoms with van der Waals surface area (Å²) < 4.78 is 4.82. The number of esters is 1. The molecule has 0 unspecified atom stereocenters. The van der Waals surface area contributed by atoms with E-state index in [0.717, 1.165) is 12.0 Å². The molecule has 1 aromatic heterocycles. The Kier molecular flexibility index (Phi) is 5.16. The van der Waals surface area contributed by atoms with Gasteiger partial charge in [0.05, 0.1) is 18.2 Å². The minimum absolute atomic E-state index is 0.0277. The molecule has 11 heteroatoms. The molecule has 2 heterocycles. The maximum absolute atomic E-state index is 12.5. The van der Waals surface area contributed by atoms with Crippen LogP contribution < -0.4 is 10.4 Å². The molecule has 1 atom stereocenters. The second kappa shape index (κ2) is 7.55. The van der Waals surface area contributed by atoms with Gasteiger partial charge in [-0.1, -0.05) is 12.1 Å². The predicted molar refractivity (Wildman–Crippen MR) is 91.7 cm³/mol. The number of imide groups is 1. The minimum atomic E-state index is -1.72. The molecule has 0 spiro atoms. The van der Waals surface area contributed by atoms with Crippen molar-refractivity contribution in [3.63, 3.8) is 0 Å². The molecule has 0 fully saturated rings. The summed E-state index contributed by atoms with van der Waals surface area (Å²) in [5.41, 5.74) is -1.05. The summed E-state index contributed by atoms with van der Waals surface area (Å²) >= 11 is 0. The molecule has 1 N–H and O–H groups in total. The van der Waals surface area contributed by atoms with E-state index >= 15 is 0 Å². The molecular formula is C17H17N6O5-. The van der Waals surface area contributed by atoms with Crippen molar-refractivity contribution < 1.29 is 23.9 Å². The van der Waals surface area contributed by atoms with Crippen molar-refractivity contribution in [1.82, 2.24) is 30.8 Å². The lowest BCUT2D eigenvalue weighted by atomic mass is 9.92. The average Bonchev–Trinajstić information content (AvgIpc) is 3.30. The fourth-order valence-corrected chi connectivity index (χ4v) is 3.21. The molecule has 0 saturated heterocycles. The van der Waals surface area contributed by atoms with Crippen molar-refractivity contribution >= 4 is 23.7 Å². The number of benzene rings is 1. The van der Waals surface area contributed by atoms with Crippen LogP contribution in [0.2, 0.25) is 0 Å². The highest BCUT2D eigenvalue weighted by molar-refractivity contribution is 6.21. The fourth-order valence-electron chi connectivity index (χ4n) is 3.21. The molecule has 2 aromatic rings. The first-order valence-electron chi connectivity index (χ1n) is 8.42. The van der Waals surface area contributed by atoms with Crippen LogP contribution in [0.15, 0.2) is 24.3 Å². The molecule has 11 nitrogen and oxygen atoms in total. The maximum Gasteiger partial charge on any atom is 0.336 e. The first-order valence-corrected chi connectivity index (χ1v) is 8.42. The average molecular weight is 385 g/mol. The van der Waals surface area contributed by atoms with Crippen molar-refractivity contribution in [2.24, 2.45) is 0 Å². The van der Waals surface area contributed by atoms with Gasteiger partial charge in [0.25, 0.3) is 11.8 Å². The normalized spacial score (nSPS) is 15.1. The van der Waals surface area contributed by atoms with Crippen LogP contribution in [0.5, 0.6) is 0 Å². The molecule has 3 rings (SSSR count). The Morgan fingerprint density at radius 2 is 1.86 bits per heavy atom. The van der Waals surface area contributed by atoms with E-state index in [0.29, 0.717) is 11.1 Å². The highest BCUT2D eigenvalue weighted by atomic mass is 16.5. The van der Waals surface area contributed by atoms with E-state index in [1.165, 1.54) is 6.92 Å². The monoisotopic (exact) mass is 385 g/mol. The topological polar surface area (TPSA) is 146 Å².